The van der Waals surface area contributed by atoms with Crippen molar-refractivity contribution in [3.63, 3.8) is 0 Å². The average molecular weight is 457 g/mol. The fourth-order valence-corrected chi connectivity index (χ4v) is 8.31. The van der Waals surface area contributed by atoms with Crippen LogP contribution in [0.3, 0.4) is 0 Å². The molecule has 7 nitrogen and oxygen atoms in total. The number of hydrogen-bond donors (Lipinski definition) is 0. The highest BCUT2D eigenvalue weighted by Crippen LogP contribution is 2.43. The van der Waals surface area contributed by atoms with Crippen LogP contribution in [0.2, 0.25) is 0 Å². The van der Waals surface area contributed by atoms with E-state index in [9.17, 15) is 18.0 Å². The molecule has 2 aliphatic carbocycles. The van der Waals surface area contributed by atoms with Crippen LogP contribution in [0.25, 0.3) is 0 Å². The molecule has 0 aromatic heterocycles. The average Bonchev–Trinajstić information content (AvgIpc) is 2.72. The third-order valence-corrected chi connectivity index (χ3v) is 10.2. The van der Waals surface area contributed by atoms with Gasteiger partial charge in [0.15, 0.2) is 9.84 Å². The Bertz CT molecular complexity index is 747. The number of amides is 2. The van der Waals surface area contributed by atoms with Crippen LogP contribution in [0.1, 0.15) is 79.1 Å². The molecule has 0 bridgehead atoms. The number of piperazine rings is 1. The van der Waals surface area contributed by atoms with Crippen LogP contribution in [-0.2, 0) is 19.4 Å². The number of ether oxygens (including phenoxy) is 1. The largest absolute Gasteiger partial charge is 0.450 e. The van der Waals surface area contributed by atoms with Crippen LogP contribution in [-0.4, -0.2) is 72.5 Å². The highest BCUT2D eigenvalue weighted by atomic mass is 32.2. The van der Waals surface area contributed by atoms with Gasteiger partial charge in [0.05, 0.1) is 29.7 Å². The van der Waals surface area contributed by atoms with Crippen LogP contribution < -0.4 is 0 Å². The number of fused-ring (bicyclic) bond motifs is 1. The summed E-state index contributed by atoms with van der Waals surface area (Å²) < 4.78 is 30.3. The van der Waals surface area contributed by atoms with E-state index < -0.39 is 9.84 Å². The second kappa shape index (κ2) is 10.1. The number of sulfone groups is 1. The van der Waals surface area contributed by atoms with Gasteiger partial charge in [-0.1, -0.05) is 6.92 Å². The summed E-state index contributed by atoms with van der Waals surface area (Å²) >= 11 is 0. The molecule has 3 aliphatic rings. The van der Waals surface area contributed by atoms with E-state index in [2.05, 4.69) is 0 Å². The number of hydrogen-bond acceptors (Lipinski definition) is 5. The van der Waals surface area contributed by atoms with Gasteiger partial charge in [-0.25, -0.2) is 13.2 Å². The molecular formula is C23H40N2O5S. The van der Waals surface area contributed by atoms with Gasteiger partial charge in [-0.15, -0.1) is 0 Å². The summed E-state index contributed by atoms with van der Waals surface area (Å²) in [5.74, 6) is 1.34. The van der Waals surface area contributed by atoms with Crippen molar-refractivity contribution in [1.29, 1.82) is 0 Å². The number of carbonyl (C=O) groups is 2. The molecule has 3 rings (SSSR count). The molecule has 3 unspecified atom stereocenters. The van der Waals surface area contributed by atoms with Crippen molar-refractivity contribution in [2.45, 2.75) is 102 Å². The first-order valence-electron chi connectivity index (χ1n) is 12.1. The monoisotopic (exact) mass is 456 g/mol. The summed E-state index contributed by atoms with van der Waals surface area (Å²) in [6.45, 7) is 8.22. The summed E-state index contributed by atoms with van der Waals surface area (Å²) in [6, 6.07) is 0.0153. The first-order chi connectivity index (χ1) is 14.7. The highest BCUT2D eigenvalue weighted by molar-refractivity contribution is 7.92. The van der Waals surface area contributed by atoms with Gasteiger partial charge in [-0.3, -0.25) is 4.79 Å². The van der Waals surface area contributed by atoms with E-state index in [1.165, 1.54) is 0 Å². The maximum Gasteiger partial charge on any atom is 0.410 e. The maximum absolute atomic E-state index is 12.7. The van der Waals surface area contributed by atoms with Gasteiger partial charge in [0.2, 0.25) is 5.91 Å². The molecule has 3 fully saturated rings. The molecule has 0 spiro atoms. The van der Waals surface area contributed by atoms with Crippen molar-refractivity contribution in [3.05, 3.63) is 0 Å². The molecule has 1 saturated heterocycles. The Morgan fingerprint density at radius 3 is 2.19 bits per heavy atom. The van der Waals surface area contributed by atoms with E-state index in [0.717, 1.165) is 44.9 Å². The third kappa shape index (κ3) is 5.20. The van der Waals surface area contributed by atoms with Gasteiger partial charge in [0.1, 0.15) is 0 Å². The molecule has 31 heavy (non-hydrogen) atoms. The number of nitrogens with zero attached hydrogens (tertiary/aromatic N) is 2. The van der Waals surface area contributed by atoms with Gasteiger partial charge in [0, 0.05) is 19.5 Å². The van der Waals surface area contributed by atoms with Crippen molar-refractivity contribution in [2.24, 2.45) is 11.8 Å². The molecule has 4 atom stereocenters. The Morgan fingerprint density at radius 1 is 0.968 bits per heavy atom. The zero-order chi connectivity index (χ0) is 22.8. The Hall–Kier alpha value is -1.31. The second-order valence-corrected chi connectivity index (χ2v) is 12.1. The van der Waals surface area contributed by atoms with Crippen molar-refractivity contribution < 1.29 is 22.7 Å². The summed E-state index contributed by atoms with van der Waals surface area (Å²) in [7, 11) is -2.97. The molecule has 0 radical (unpaired) electrons. The van der Waals surface area contributed by atoms with Gasteiger partial charge in [-0.05, 0) is 77.0 Å². The molecule has 1 aliphatic heterocycles. The van der Waals surface area contributed by atoms with E-state index in [-0.39, 0.29) is 35.4 Å². The fraction of sp³-hybridized carbons (Fsp3) is 0.913. The van der Waals surface area contributed by atoms with Gasteiger partial charge in [-0.2, -0.15) is 0 Å². The smallest absolute Gasteiger partial charge is 0.410 e. The van der Waals surface area contributed by atoms with Crippen LogP contribution in [0.4, 0.5) is 4.79 Å². The van der Waals surface area contributed by atoms with Gasteiger partial charge >= 0.3 is 6.09 Å². The fourth-order valence-electron chi connectivity index (χ4n) is 6.42. The molecule has 2 amide bonds. The second-order valence-electron chi connectivity index (χ2n) is 9.74. The van der Waals surface area contributed by atoms with Gasteiger partial charge < -0.3 is 14.5 Å². The van der Waals surface area contributed by atoms with Crippen molar-refractivity contribution in [2.75, 3.05) is 18.9 Å². The van der Waals surface area contributed by atoms with Crippen LogP contribution in [0.15, 0.2) is 0 Å². The quantitative estimate of drug-likeness (QED) is 0.631. The Kier molecular flexibility index (Phi) is 7.92. The number of rotatable bonds is 5. The van der Waals surface area contributed by atoms with Crippen LogP contribution in [0.5, 0.6) is 0 Å². The predicted molar refractivity (Wildman–Crippen MR) is 120 cm³/mol. The minimum Gasteiger partial charge on any atom is -0.450 e. The van der Waals surface area contributed by atoms with E-state index >= 15 is 0 Å². The van der Waals surface area contributed by atoms with E-state index in [4.69, 9.17) is 4.74 Å². The van der Waals surface area contributed by atoms with Crippen molar-refractivity contribution in [3.8, 4) is 0 Å². The van der Waals surface area contributed by atoms with E-state index in [1.807, 2.05) is 30.6 Å². The molecule has 1 heterocycles. The maximum atomic E-state index is 12.7. The topological polar surface area (TPSA) is 84.0 Å². The Balaban J connectivity index is 1.70. The summed E-state index contributed by atoms with van der Waals surface area (Å²) in [5.41, 5.74) is 0. The van der Waals surface area contributed by atoms with Gasteiger partial charge in [0.25, 0.3) is 0 Å². The zero-order valence-corrected chi connectivity index (χ0v) is 20.4. The lowest BCUT2D eigenvalue weighted by molar-refractivity contribution is -0.142. The molecule has 0 aromatic carbocycles. The van der Waals surface area contributed by atoms with Crippen LogP contribution in [0, 0.1) is 11.8 Å². The first kappa shape index (κ1) is 24.3. The minimum absolute atomic E-state index is 0.0144. The standard InChI is InChI=1S/C23H40N2O5S/c1-5-13-31(28,29)20-10-7-18(8-11-20)19-9-12-21-22(14-19)24(23(27)30-6-2)15-16(3)25(21)17(4)26/h16,18-22H,5-15H2,1-4H3/t16-,18?,19?,20?,21?,22?/m0/s1. The minimum atomic E-state index is -2.97. The molecular weight excluding hydrogens is 416 g/mol. The Morgan fingerprint density at radius 2 is 1.61 bits per heavy atom. The van der Waals surface area contributed by atoms with Crippen LogP contribution >= 0.6 is 0 Å². The number of carbonyl (C=O) groups excluding carboxylic acids is 2. The molecule has 0 N–H and O–H groups in total. The predicted octanol–water partition coefficient (Wildman–Crippen LogP) is 3.62. The lowest BCUT2D eigenvalue weighted by atomic mass is 9.69. The normalized spacial score (nSPS) is 34.2. The van der Waals surface area contributed by atoms with Crippen molar-refractivity contribution >= 4 is 21.8 Å². The molecule has 8 heteroatoms. The van der Waals surface area contributed by atoms with E-state index in [1.54, 1.807) is 6.92 Å². The van der Waals surface area contributed by atoms with E-state index in [0.29, 0.717) is 37.2 Å². The SMILES string of the molecule is CCCS(=O)(=O)C1CCC(C2CCC3C(C2)N(C(=O)OCC)C[C@H](C)N3C(C)=O)CC1. The zero-order valence-electron chi connectivity index (χ0n) is 19.6. The molecule has 0 aromatic rings. The molecule has 2 saturated carbocycles. The summed E-state index contributed by atoms with van der Waals surface area (Å²) in [4.78, 5) is 28.9. The lowest BCUT2D eigenvalue weighted by Crippen LogP contribution is -2.67. The lowest BCUT2D eigenvalue weighted by Gasteiger charge is -2.54. The third-order valence-electron chi connectivity index (χ3n) is 7.76. The first-order valence-corrected chi connectivity index (χ1v) is 13.8. The summed E-state index contributed by atoms with van der Waals surface area (Å²) in [5, 5.41) is -0.181. The Labute approximate surface area is 187 Å². The van der Waals surface area contributed by atoms with Crippen molar-refractivity contribution in [1.82, 2.24) is 9.80 Å². The molecule has 178 valence electrons. The highest BCUT2D eigenvalue weighted by Gasteiger charge is 2.48. The summed E-state index contributed by atoms with van der Waals surface area (Å²) in [6.07, 6.45) is 6.62.